The third kappa shape index (κ3) is 4.98. The van der Waals surface area contributed by atoms with Gasteiger partial charge in [0, 0.05) is 61.1 Å². The van der Waals surface area contributed by atoms with Crippen molar-refractivity contribution >= 4 is 72.9 Å². The first-order valence-corrected chi connectivity index (χ1v) is 25.8. The summed E-state index contributed by atoms with van der Waals surface area (Å²) in [6.45, 7) is 26.5. The fourth-order valence-electron chi connectivity index (χ4n) is 14.5. The Bertz CT molecular complexity index is 4050. The maximum Gasteiger partial charge on any atom is 0.333 e. The number of nitrogens with zero attached hydrogens (tertiary/aromatic N) is 2. The second-order valence-corrected chi connectivity index (χ2v) is 25.2. The molecule has 3 aliphatic carbocycles. The molecule has 0 N–H and O–H groups in total. The summed E-state index contributed by atoms with van der Waals surface area (Å²) in [4.78, 5) is 2.73. The van der Waals surface area contributed by atoms with Gasteiger partial charge < -0.3 is 13.8 Å². The molecule has 2 aliphatic heterocycles. The number of benzene rings is 8. The van der Waals surface area contributed by atoms with Crippen LogP contribution >= 0.6 is 0 Å². The molecule has 70 heavy (non-hydrogen) atoms. The fraction of sp³-hybridized carbons (Fsp3) is 0.273. The van der Waals surface area contributed by atoms with Crippen molar-refractivity contribution in [2.75, 3.05) is 4.81 Å². The Hall–Kier alpha value is -6.78. The molecule has 342 valence electrons. The number of para-hydroxylation sites is 1. The zero-order chi connectivity index (χ0) is 47.9. The molecule has 10 aromatic rings. The van der Waals surface area contributed by atoms with E-state index in [9.17, 15) is 0 Å². The van der Waals surface area contributed by atoms with E-state index >= 15 is 0 Å². The quantitative estimate of drug-likeness (QED) is 0.153. The highest BCUT2D eigenvalue weighted by Gasteiger charge is 2.48. The second-order valence-electron chi connectivity index (χ2n) is 25.2. The Morgan fingerprint density at radius 1 is 0.471 bits per heavy atom. The van der Waals surface area contributed by atoms with E-state index < -0.39 is 0 Å². The van der Waals surface area contributed by atoms with Crippen LogP contribution in [0.5, 0.6) is 0 Å². The van der Waals surface area contributed by atoms with Crippen molar-refractivity contribution in [3.63, 3.8) is 0 Å². The molecule has 5 aliphatic rings. The Morgan fingerprint density at radius 2 is 1.13 bits per heavy atom. The van der Waals surface area contributed by atoms with Crippen LogP contribution in [0.15, 0.2) is 138 Å². The number of furan rings is 1. The lowest BCUT2D eigenvalue weighted by atomic mass is 9.44. The molecule has 0 spiro atoms. The van der Waals surface area contributed by atoms with Gasteiger partial charge in [0.25, 0.3) is 0 Å². The predicted molar refractivity (Wildman–Crippen MR) is 296 cm³/mol. The Kier molecular flexibility index (Phi) is 7.48. The van der Waals surface area contributed by atoms with Crippen molar-refractivity contribution in [3.8, 4) is 39.1 Å². The van der Waals surface area contributed by atoms with Gasteiger partial charge in [0.05, 0.1) is 11.0 Å². The molecule has 0 bridgehead atoms. The number of fused-ring (bicyclic) bond motifs is 18. The molecule has 0 saturated carbocycles. The van der Waals surface area contributed by atoms with Crippen molar-refractivity contribution in [2.24, 2.45) is 0 Å². The highest BCUT2D eigenvalue weighted by Crippen LogP contribution is 2.58. The number of rotatable bonds is 1. The molecule has 0 saturated heterocycles. The first kappa shape index (κ1) is 41.0. The van der Waals surface area contributed by atoms with E-state index in [0.717, 1.165) is 21.9 Å². The average Bonchev–Trinajstić information content (AvgIpc) is 4.00. The molecule has 15 rings (SSSR count). The zero-order valence-electron chi connectivity index (χ0n) is 42.5. The Labute approximate surface area is 412 Å². The van der Waals surface area contributed by atoms with Gasteiger partial charge in [0.2, 0.25) is 0 Å². The fourth-order valence-corrected chi connectivity index (χ4v) is 14.5. The van der Waals surface area contributed by atoms with Gasteiger partial charge in [0.1, 0.15) is 11.2 Å². The molecule has 3 nitrogen and oxygen atoms in total. The summed E-state index contributed by atoms with van der Waals surface area (Å²) < 4.78 is 9.43. The van der Waals surface area contributed by atoms with Gasteiger partial charge in [-0.2, -0.15) is 0 Å². The molecule has 4 heterocycles. The molecule has 2 aromatic heterocycles. The molecule has 0 fully saturated rings. The maximum atomic E-state index is 6.80. The first-order chi connectivity index (χ1) is 33.3. The minimum absolute atomic E-state index is 0.0255. The SMILES string of the molecule is CC(C)(C)c1ccc(N2B3c4cc5c(cc4-n4c6cc7c(cc6c6ccc(c3c64)-c3cc4c(cc32)C(C)(C)c2cc3c(cc2-4)C(C)(C)CCC3(C)C)C(C)(C)c2ccccc2-7)oc2ccccc25)cc1. The zero-order valence-corrected chi connectivity index (χ0v) is 42.5. The highest BCUT2D eigenvalue weighted by atomic mass is 16.3. The number of aromatic nitrogens is 1. The molecular weight excluding hydrogens is 848 g/mol. The van der Waals surface area contributed by atoms with Gasteiger partial charge in [-0.3, -0.25) is 0 Å². The van der Waals surface area contributed by atoms with E-state index in [1.807, 2.05) is 0 Å². The van der Waals surface area contributed by atoms with Crippen LogP contribution in [-0.2, 0) is 27.1 Å². The third-order valence-corrected chi connectivity index (χ3v) is 18.6. The smallest absolute Gasteiger partial charge is 0.333 e. The van der Waals surface area contributed by atoms with E-state index in [4.69, 9.17) is 4.42 Å². The van der Waals surface area contributed by atoms with Gasteiger partial charge in [-0.25, -0.2) is 0 Å². The van der Waals surface area contributed by atoms with Crippen LogP contribution in [0.1, 0.15) is 128 Å². The molecule has 4 heteroatoms. The summed E-state index contributed by atoms with van der Waals surface area (Å²) in [5.41, 5.74) is 28.9. The van der Waals surface area contributed by atoms with Crippen molar-refractivity contribution in [1.82, 2.24) is 4.57 Å². The highest BCUT2D eigenvalue weighted by molar-refractivity contribution is 6.94. The average molecular weight is 907 g/mol. The van der Waals surface area contributed by atoms with Gasteiger partial charge >= 0.3 is 6.85 Å². The van der Waals surface area contributed by atoms with Crippen LogP contribution in [-0.4, -0.2) is 11.4 Å². The maximum absolute atomic E-state index is 6.80. The largest absolute Gasteiger partial charge is 0.456 e. The normalized spacial score (nSPS) is 17.9. The summed E-state index contributed by atoms with van der Waals surface area (Å²) >= 11 is 0. The molecule has 0 amide bonds. The molecular formula is C66H59BN2O. The van der Waals surface area contributed by atoms with Crippen molar-refractivity contribution < 1.29 is 4.42 Å². The van der Waals surface area contributed by atoms with Gasteiger partial charge in [-0.1, -0.05) is 155 Å². The number of hydrogen-bond donors (Lipinski definition) is 0. The van der Waals surface area contributed by atoms with E-state index in [2.05, 4.69) is 219 Å². The van der Waals surface area contributed by atoms with Crippen LogP contribution in [0.3, 0.4) is 0 Å². The van der Waals surface area contributed by atoms with Crippen LogP contribution < -0.4 is 15.7 Å². The first-order valence-electron chi connectivity index (χ1n) is 25.8. The lowest BCUT2D eigenvalue weighted by Gasteiger charge is -2.42. The monoisotopic (exact) mass is 906 g/mol. The summed E-state index contributed by atoms with van der Waals surface area (Å²) in [5.74, 6) is 0. The lowest BCUT2D eigenvalue weighted by molar-refractivity contribution is 0.331. The van der Waals surface area contributed by atoms with Gasteiger partial charge in [-0.15, -0.1) is 0 Å². The molecule has 0 atom stereocenters. The van der Waals surface area contributed by atoms with Crippen molar-refractivity contribution in [2.45, 2.75) is 116 Å². The van der Waals surface area contributed by atoms with Gasteiger partial charge in [-0.05, 0) is 155 Å². The summed E-state index contributed by atoms with van der Waals surface area (Å²) in [6.07, 6.45) is 2.40. The minimum atomic E-state index is -0.191. The van der Waals surface area contributed by atoms with E-state index in [1.165, 1.54) is 135 Å². The molecule has 0 radical (unpaired) electrons. The van der Waals surface area contributed by atoms with Crippen molar-refractivity contribution in [1.29, 1.82) is 0 Å². The summed E-state index contributed by atoms with van der Waals surface area (Å²) in [6, 6.07) is 52.6. The van der Waals surface area contributed by atoms with Crippen LogP contribution in [0.2, 0.25) is 0 Å². The second kappa shape index (κ2) is 12.8. The predicted octanol–water partition coefficient (Wildman–Crippen LogP) is 16.2. The summed E-state index contributed by atoms with van der Waals surface area (Å²) in [7, 11) is 0. The van der Waals surface area contributed by atoms with Crippen molar-refractivity contribution in [3.05, 3.63) is 172 Å². The van der Waals surface area contributed by atoms with E-state index in [-0.39, 0.29) is 33.9 Å². The number of hydrogen-bond acceptors (Lipinski definition) is 2. The minimum Gasteiger partial charge on any atom is -0.456 e. The van der Waals surface area contributed by atoms with Crippen LogP contribution in [0, 0.1) is 0 Å². The topological polar surface area (TPSA) is 21.3 Å². The van der Waals surface area contributed by atoms with Crippen LogP contribution in [0.4, 0.5) is 11.4 Å². The molecule has 8 aromatic carbocycles. The standard InChI is InChI=1S/C66H59BN2O/c1-62(2,3)36-20-22-37(23-21-36)69-56-34-51-42(43-29-52-53(33-50(43)66(51,10)11)64(6,7)27-26-63(52,4)5)28-45(56)40-24-25-41-46-30-49-44(38-16-12-14-18-48(38)65(49,8)9)32-55(46)68-57-35-59-47(39-17-13-15-19-58(39)70-59)31-54(57)67(69)60(40)61(41)68/h12-25,28-35H,26-27H2,1-11H3. The lowest BCUT2D eigenvalue weighted by Crippen LogP contribution is -2.60. The Morgan fingerprint density at radius 3 is 1.90 bits per heavy atom. The van der Waals surface area contributed by atoms with Crippen LogP contribution in [0.25, 0.3) is 82.8 Å². The van der Waals surface area contributed by atoms with E-state index in [1.54, 1.807) is 0 Å². The van der Waals surface area contributed by atoms with E-state index in [0.29, 0.717) is 0 Å². The number of anilines is 2. The molecule has 0 unspecified atom stereocenters. The third-order valence-electron chi connectivity index (χ3n) is 18.6. The summed E-state index contributed by atoms with van der Waals surface area (Å²) in [5, 5.41) is 4.93. The Balaban J connectivity index is 1.08. The van der Waals surface area contributed by atoms with Gasteiger partial charge in [0.15, 0.2) is 0 Å².